The average Bonchev–Trinajstić information content (AvgIpc) is 1.94. The van der Waals surface area contributed by atoms with Crippen molar-refractivity contribution in [3.63, 3.8) is 0 Å². The van der Waals surface area contributed by atoms with E-state index >= 15 is 0 Å². The van der Waals surface area contributed by atoms with Crippen LogP contribution in [-0.2, 0) is 9.84 Å². The van der Waals surface area contributed by atoms with Crippen molar-refractivity contribution in [2.75, 3.05) is 37.7 Å². The molecule has 1 aliphatic rings. The standard InChI is InChI=1S/C6H13N2O2S/c7-1-2-8-3-5-11(9,10)6-4-8/h7H,1-6H2. The summed E-state index contributed by atoms with van der Waals surface area (Å²) in [6.07, 6.45) is 0. The Kier molecular flexibility index (Phi) is 2.86. The molecule has 0 atom stereocenters. The van der Waals surface area contributed by atoms with Crippen LogP contribution < -0.4 is 5.73 Å². The second kappa shape index (κ2) is 3.51. The van der Waals surface area contributed by atoms with E-state index in [9.17, 15) is 8.42 Å². The average molecular weight is 177 g/mol. The molecule has 0 bridgehead atoms. The number of nitrogens with zero attached hydrogens (tertiary/aromatic N) is 1. The van der Waals surface area contributed by atoms with Crippen molar-refractivity contribution in [2.45, 2.75) is 0 Å². The molecule has 0 saturated carbocycles. The Labute approximate surface area is 67.3 Å². The third-order valence-corrected chi connectivity index (χ3v) is 3.47. The predicted molar refractivity (Wildman–Crippen MR) is 43.1 cm³/mol. The molecule has 0 aromatic heterocycles. The van der Waals surface area contributed by atoms with Gasteiger partial charge in [0.15, 0.2) is 9.84 Å². The zero-order valence-corrected chi connectivity index (χ0v) is 7.23. The minimum atomic E-state index is -2.74. The molecule has 0 aromatic rings. The van der Waals surface area contributed by atoms with Crippen LogP contribution in [0.2, 0.25) is 0 Å². The number of hydrogen-bond acceptors (Lipinski definition) is 3. The van der Waals surface area contributed by atoms with E-state index in [1.807, 2.05) is 4.90 Å². The minimum absolute atomic E-state index is 0.271. The molecule has 11 heavy (non-hydrogen) atoms. The van der Waals surface area contributed by atoms with Gasteiger partial charge < -0.3 is 4.90 Å². The van der Waals surface area contributed by atoms with Gasteiger partial charge in [-0.3, -0.25) is 5.73 Å². The maximum atomic E-state index is 10.9. The highest BCUT2D eigenvalue weighted by atomic mass is 32.2. The van der Waals surface area contributed by atoms with E-state index in [4.69, 9.17) is 5.73 Å². The molecule has 1 aliphatic heterocycles. The Morgan fingerprint density at radius 1 is 1.27 bits per heavy atom. The van der Waals surface area contributed by atoms with Crippen LogP contribution >= 0.6 is 0 Å². The maximum Gasteiger partial charge on any atom is 0.152 e. The fourth-order valence-electron chi connectivity index (χ4n) is 1.13. The Morgan fingerprint density at radius 2 is 1.82 bits per heavy atom. The second-order valence-corrected chi connectivity index (χ2v) is 5.05. The Morgan fingerprint density at radius 3 is 2.27 bits per heavy atom. The first kappa shape index (κ1) is 8.96. The van der Waals surface area contributed by atoms with Gasteiger partial charge in [-0.25, -0.2) is 8.42 Å². The van der Waals surface area contributed by atoms with Crippen molar-refractivity contribution in [1.82, 2.24) is 10.6 Å². The smallest absolute Gasteiger partial charge is 0.152 e. The lowest BCUT2D eigenvalue weighted by Crippen LogP contribution is -2.41. The minimum Gasteiger partial charge on any atom is -0.300 e. The molecule has 0 aliphatic carbocycles. The number of nitrogens with one attached hydrogen (secondary N) is 1. The first-order chi connectivity index (χ1) is 5.14. The molecule has 4 nitrogen and oxygen atoms in total. The number of sulfone groups is 1. The predicted octanol–water partition coefficient (Wildman–Crippen LogP) is -1.00. The molecule has 1 radical (unpaired) electrons. The summed E-state index contributed by atoms with van der Waals surface area (Å²) < 4.78 is 21.9. The van der Waals surface area contributed by atoms with Crippen LogP contribution in [0.3, 0.4) is 0 Å². The van der Waals surface area contributed by atoms with E-state index < -0.39 is 9.84 Å². The van der Waals surface area contributed by atoms with Gasteiger partial charge in [-0.15, -0.1) is 0 Å². The monoisotopic (exact) mass is 177 g/mol. The van der Waals surface area contributed by atoms with Gasteiger partial charge >= 0.3 is 0 Å². The molecular weight excluding hydrogens is 164 g/mol. The van der Waals surface area contributed by atoms with E-state index in [0.29, 0.717) is 26.2 Å². The van der Waals surface area contributed by atoms with Gasteiger partial charge in [0.2, 0.25) is 0 Å². The summed E-state index contributed by atoms with van der Waals surface area (Å²) in [7, 11) is -2.74. The summed E-state index contributed by atoms with van der Waals surface area (Å²) in [5, 5.41) is 0. The molecule has 1 fully saturated rings. The molecule has 1 saturated heterocycles. The molecule has 1 rings (SSSR count). The fraction of sp³-hybridized carbons (Fsp3) is 1.00. The molecule has 0 spiro atoms. The molecule has 1 N–H and O–H groups in total. The zero-order valence-electron chi connectivity index (χ0n) is 6.41. The van der Waals surface area contributed by atoms with Crippen LogP contribution in [0.1, 0.15) is 0 Å². The SMILES string of the molecule is [NH]CCN1CCS(=O)(=O)CC1. The van der Waals surface area contributed by atoms with Gasteiger partial charge in [0, 0.05) is 26.2 Å². The van der Waals surface area contributed by atoms with E-state index in [1.54, 1.807) is 0 Å². The van der Waals surface area contributed by atoms with Gasteiger partial charge in [-0.2, -0.15) is 0 Å². The molecule has 0 unspecified atom stereocenters. The molecule has 5 heteroatoms. The van der Waals surface area contributed by atoms with Crippen LogP contribution in [0.4, 0.5) is 0 Å². The van der Waals surface area contributed by atoms with Gasteiger partial charge in [0.05, 0.1) is 11.5 Å². The molecule has 65 valence electrons. The summed E-state index contributed by atoms with van der Waals surface area (Å²) in [5.41, 5.74) is 6.95. The Balaban J connectivity index is 2.36. The summed E-state index contributed by atoms with van der Waals surface area (Å²) in [6, 6.07) is 0. The summed E-state index contributed by atoms with van der Waals surface area (Å²) in [6.45, 7) is 2.29. The maximum absolute atomic E-state index is 10.9. The van der Waals surface area contributed by atoms with Crippen molar-refractivity contribution >= 4 is 9.84 Å². The van der Waals surface area contributed by atoms with Crippen molar-refractivity contribution in [3.8, 4) is 0 Å². The summed E-state index contributed by atoms with van der Waals surface area (Å²) in [4.78, 5) is 2.02. The van der Waals surface area contributed by atoms with Gasteiger partial charge in [0.25, 0.3) is 0 Å². The van der Waals surface area contributed by atoms with E-state index in [-0.39, 0.29) is 11.5 Å². The Hall–Kier alpha value is -0.130. The first-order valence-electron chi connectivity index (χ1n) is 3.71. The van der Waals surface area contributed by atoms with Crippen LogP contribution in [0.25, 0.3) is 0 Å². The lowest BCUT2D eigenvalue weighted by molar-refractivity contribution is 0.302. The van der Waals surface area contributed by atoms with E-state index in [0.717, 1.165) is 0 Å². The van der Waals surface area contributed by atoms with Crippen LogP contribution in [0, 0.1) is 0 Å². The van der Waals surface area contributed by atoms with E-state index in [1.165, 1.54) is 0 Å². The number of hydrogen-bond donors (Lipinski definition) is 0. The zero-order chi connectivity index (χ0) is 8.32. The molecule has 0 aromatic carbocycles. The van der Waals surface area contributed by atoms with Crippen LogP contribution in [-0.4, -0.2) is 51.0 Å². The molecule has 1 heterocycles. The topological polar surface area (TPSA) is 61.2 Å². The fourth-order valence-corrected chi connectivity index (χ4v) is 2.41. The third-order valence-electron chi connectivity index (χ3n) is 1.87. The van der Waals surface area contributed by atoms with Crippen molar-refractivity contribution in [1.29, 1.82) is 0 Å². The molecular formula is C6H13N2O2S. The third kappa shape index (κ3) is 2.76. The van der Waals surface area contributed by atoms with Crippen LogP contribution in [0.15, 0.2) is 0 Å². The highest BCUT2D eigenvalue weighted by Crippen LogP contribution is 2.01. The largest absolute Gasteiger partial charge is 0.300 e. The van der Waals surface area contributed by atoms with Gasteiger partial charge in [0.1, 0.15) is 0 Å². The van der Waals surface area contributed by atoms with E-state index in [2.05, 4.69) is 0 Å². The summed E-state index contributed by atoms with van der Waals surface area (Å²) >= 11 is 0. The Bertz CT molecular complexity index is 199. The number of rotatable bonds is 2. The highest BCUT2D eigenvalue weighted by Gasteiger charge is 2.20. The second-order valence-electron chi connectivity index (χ2n) is 2.74. The first-order valence-corrected chi connectivity index (χ1v) is 5.53. The van der Waals surface area contributed by atoms with Gasteiger partial charge in [-0.1, -0.05) is 0 Å². The van der Waals surface area contributed by atoms with Crippen molar-refractivity contribution in [2.24, 2.45) is 0 Å². The summed E-state index contributed by atoms with van der Waals surface area (Å²) in [5.74, 6) is 0.542. The lowest BCUT2D eigenvalue weighted by atomic mass is 10.5. The molecule has 0 amide bonds. The van der Waals surface area contributed by atoms with Crippen molar-refractivity contribution < 1.29 is 8.42 Å². The lowest BCUT2D eigenvalue weighted by Gasteiger charge is -2.25. The van der Waals surface area contributed by atoms with Crippen molar-refractivity contribution in [3.05, 3.63) is 0 Å². The quantitative estimate of drug-likeness (QED) is 0.543. The highest BCUT2D eigenvalue weighted by molar-refractivity contribution is 7.91. The normalized spacial score (nSPS) is 25.2. The van der Waals surface area contributed by atoms with Crippen LogP contribution in [0.5, 0.6) is 0 Å². The van der Waals surface area contributed by atoms with Gasteiger partial charge in [-0.05, 0) is 0 Å².